The predicted molar refractivity (Wildman–Crippen MR) is 77.9 cm³/mol. The van der Waals surface area contributed by atoms with E-state index in [0.29, 0.717) is 18.0 Å². The van der Waals surface area contributed by atoms with Crippen LogP contribution in [0.5, 0.6) is 11.5 Å². The topological polar surface area (TPSA) is 81.8 Å². The van der Waals surface area contributed by atoms with E-state index in [9.17, 15) is 4.79 Å². The highest BCUT2D eigenvalue weighted by Gasteiger charge is 2.23. The second-order valence-corrected chi connectivity index (χ2v) is 4.92. The quantitative estimate of drug-likeness (QED) is 0.843. The van der Waals surface area contributed by atoms with Gasteiger partial charge in [-0.1, -0.05) is 18.2 Å². The number of hydrogen-bond donors (Lipinski definition) is 2. The Kier molecular flexibility index (Phi) is 3.39. The lowest BCUT2D eigenvalue weighted by molar-refractivity contribution is 0.0697. The maximum absolute atomic E-state index is 10.8. The standard InChI is InChI=1S/C16H15NO4/c17-13-8-11(16(18)19)5-6-15(13)20-9-12-7-10-3-1-2-4-14(10)21-12/h1-6,8,12H,7,9,17H2,(H,18,19). The van der Waals surface area contributed by atoms with Crippen molar-refractivity contribution in [1.82, 2.24) is 0 Å². The smallest absolute Gasteiger partial charge is 0.335 e. The van der Waals surface area contributed by atoms with Gasteiger partial charge in [0.05, 0.1) is 11.3 Å². The molecule has 2 aromatic rings. The second-order valence-electron chi connectivity index (χ2n) is 4.92. The summed E-state index contributed by atoms with van der Waals surface area (Å²) in [6.45, 7) is 0.366. The first-order valence-corrected chi connectivity index (χ1v) is 6.63. The van der Waals surface area contributed by atoms with E-state index in [4.69, 9.17) is 20.3 Å². The van der Waals surface area contributed by atoms with Gasteiger partial charge in [-0.3, -0.25) is 0 Å². The van der Waals surface area contributed by atoms with Crippen molar-refractivity contribution in [2.24, 2.45) is 0 Å². The van der Waals surface area contributed by atoms with Crippen molar-refractivity contribution in [3.05, 3.63) is 53.6 Å². The Bertz CT molecular complexity index is 659. The van der Waals surface area contributed by atoms with Crippen LogP contribution in [-0.4, -0.2) is 23.8 Å². The molecule has 0 aromatic heterocycles. The molecule has 0 aliphatic carbocycles. The summed E-state index contributed by atoms with van der Waals surface area (Å²) in [5, 5.41) is 8.89. The number of carbonyl (C=O) groups is 1. The van der Waals surface area contributed by atoms with E-state index in [1.165, 1.54) is 17.7 Å². The van der Waals surface area contributed by atoms with Gasteiger partial charge in [0, 0.05) is 6.42 Å². The molecule has 2 aromatic carbocycles. The Morgan fingerprint density at radius 2 is 2.14 bits per heavy atom. The Morgan fingerprint density at radius 3 is 2.86 bits per heavy atom. The number of nitrogen functional groups attached to an aromatic ring is 1. The molecule has 1 aliphatic rings. The third-order valence-electron chi connectivity index (χ3n) is 3.40. The summed E-state index contributed by atoms with van der Waals surface area (Å²) in [5.41, 5.74) is 7.42. The summed E-state index contributed by atoms with van der Waals surface area (Å²) in [5.74, 6) is 0.350. The van der Waals surface area contributed by atoms with Gasteiger partial charge in [0.25, 0.3) is 0 Å². The van der Waals surface area contributed by atoms with Crippen LogP contribution in [0.1, 0.15) is 15.9 Å². The zero-order valence-corrected chi connectivity index (χ0v) is 11.3. The highest BCUT2D eigenvalue weighted by molar-refractivity contribution is 5.89. The molecule has 0 spiro atoms. The molecule has 0 bridgehead atoms. The van der Waals surface area contributed by atoms with Crippen molar-refractivity contribution >= 4 is 11.7 Å². The fraction of sp³-hybridized carbons (Fsp3) is 0.188. The normalized spacial score (nSPS) is 16.1. The number of ether oxygens (including phenoxy) is 2. The fourth-order valence-electron chi connectivity index (χ4n) is 2.34. The SMILES string of the molecule is Nc1cc(C(=O)O)ccc1OCC1Cc2ccccc2O1. The lowest BCUT2D eigenvalue weighted by Gasteiger charge is -2.14. The first-order chi connectivity index (χ1) is 10.1. The first-order valence-electron chi connectivity index (χ1n) is 6.63. The molecular formula is C16H15NO4. The largest absolute Gasteiger partial charge is 0.488 e. The number of anilines is 1. The van der Waals surface area contributed by atoms with E-state index in [1.54, 1.807) is 6.07 Å². The number of aromatic carboxylic acids is 1. The van der Waals surface area contributed by atoms with Crippen molar-refractivity contribution in [2.75, 3.05) is 12.3 Å². The van der Waals surface area contributed by atoms with Gasteiger partial charge in [-0.15, -0.1) is 0 Å². The van der Waals surface area contributed by atoms with Crippen LogP contribution in [-0.2, 0) is 6.42 Å². The number of rotatable bonds is 4. The number of benzene rings is 2. The van der Waals surface area contributed by atoms with Crippen LogP contribution in [0.2, 0.25) is 0 Å². The number of nitrogens with two attached hydrogens (primary N) is 1. The maximum Gasteiger partial charge on any atom is 0.335 e. The molecule has 1 aliphatic heterocycles. The van der Waals surface area contributed by atoms with Crippen molar-refractivity contribution < 1.29 is 19.4 Å². The zero-order valence-electron chi connectivity index (χ0n) is 11.3. The van der Waals surface area contributed by atoms with Gasteiger partial charge in [-0.25, -0.2) is 4.79 Å². The molecule has 5 heteroatoms. The number of carboxylic acid groups (broad SMARTS) is 1. The van der Waals surface area contributed by atoms with Crippen LogP contribution < -0.4 is 15.2 Å². The van der Waals surface area contributed by atoms with Gasteiger partial charge in [-0.05, 0) is 29.8 Å². The highest BCUT2D eigenvalue weighted by Crippen LogP contribution is 2.29. The van der Waals surface area contributed by atoms with Crippen LogP contribution in [0, 0.1) is 0 Å². The molecule has 0 fully saturated rings. The average molecular weight is 285 g/mol. The Morgan fingerprint density at radius 1 is 1.33 bits per heavy atom. The third-order valence-corrected chi connectivity index (χ3v) is 3.40. The summed E-state index contributed by atoms with van der Waals surface area (Å²) in [6, 6.07) is 12.3. The molecule has 0 radical (unpaired) electrons. The van der Waals surface area contributed by atoms with E-state index < -0.39 is 5.97 Å². The molecule has 108 valence electrons. The Hall–Kier alpha value is -2.69. The van der Waals surface area contributed by atoms with Crippen molar-refractivity contribution in [3.63, 3.8) is 0 Å². The van der Waals surface area contributed by atoms with Crippen LogP contribution in [0.3, 0.4) is 0 Å². The Labute approximate surface area is 121 Å². The molecule has 3 rings (SSSR count). The molecule has 21 heavy (non-hydrogen) atoms. The number of hydrogen-bond acceptors (Lipinski definition) is 4. The van der Waals surface area contributed by atoms with Crippen LogP contribution in [0.15, 0.2) is 42.5 Å². The highest BCUT2D eigenvalue weighted by atomic mass is 16.5. The number of para-hydroxylation sites is 1. The second kappa shape index (κ2) is 5.36. The summed E-state index contributed by atoms with van der Waals surface area (Å²) in [6.07, 6.45) is 0.740. The van der Waals surface area contributed by atoms with Gasteiger partial charge in [0.1, 0.15) is 24.2 Å². The van der Waals surface area contributed by atoms with Gasteiger partial charge < -0.3 is 20.3 Å². The average Bonchev–Trinajstić information content (AvgIpc) is 2.88. The summed E-state index contributed by atoms with van der Waals surface area (Å²) >= 11 is 0. The minimum absolute atomic E-state index is 0.0547. The summed E-state index contributed by atoms with van der Waals surface area (Å²) < 4.78 is 11.4. The molecule has 1 atom stereocenters. The van der Waals surface area contributed by atoms with Crippen LogP contribution >= 0.6 is 0 Å². The van der Waals surface area contributed by atoms with E-state index in [1.807, 2.05) is 24.3 Å². The lowest BCUT2D eigenvalue weighted by atomic mass is 10.1. The lowest BCUT2D eigenvalue weighted by Crippen LogP contribution is -2.22. The van der Waals surface area contributed by atoms with E-state index in [0.717, 1.165) is 12.2 Å². The molecule has 5 nitrogen and oxygen atoms in total. The first kappa shape index (κ1) is 13.3. The van der Waals surface area contributed by atoms with Crippen molar-refractivity contribution in [3.8, 4) is 11.5 Å². The molecule has 1 heterocycles. The minimum Gasteiger partial charge on any atom is -0.488 e. The minimum atomic E-state index is -1.01. The summed E-state index contributed by atoms with van der Waals surface area (Å²) in [4.78, 5) is 10.8. The number of fused-ring (bicyclic) bond motifs is 1. The molecular weight excluding hydrogens is 270 g/mol. The van der Waals surface area contributed by atoms with Crippen molar-refractivity contribution in [1.29, 1.82) is 0 Å². The van der Waals surface area contributed by atoms with Gasteiger partial charge in [-0.2, -0.15) is 0 Å². The van der Waals surface area contributed by atoms with E-state index >= 15 is 0 Å². The third kappa shape index (κ3) is 2.76. The molecule has 0 saturated heterocycles. The molecule has 0 amide bonds. The maximum atomic E-state index is 10.8. The zero-order chi connectivity index (χ0) is 14.8. The van der Waals surface area contributed by atoms with Gasteiger partial charge >= 0.3 is 5.97 Å². The Balaban J connectivity index is 1.63. The van der Waals surface area contributed by atoms with Crippen LogP contribution in [0.25, 0.3) is 0 Å². The van der Waals surface area contributed by atoms with Crippen LogP contribution in [0.4, 0.5) is 5.69 Å². The number of carboxylic acids is 1. The monoisotopic (exact) mass is 285 g/mol. The molecule has 0 saturated carbocycles. The van der Waals surface area contributed by atoms with E-state index in [2.05, 4.69) is 0 Å². The van der Waals surface area contributed by atoms with Gasteiger partial charge in [0.2, 0.25) is 0 Å². The predicted octanol–water partition coefficient (Wildman–Crippen LogP) is 2.35. The van der Waals surface area contributed by atoms with Crippen molar-refractivity contribution in [2.45, 2.75) is 12.5 Å². The molecule has 1 unspecified atom stereocenters. The fourth-order valence-corrected chi connectivity index (χ4v) is 2.34. The van der Waals surface area contributed by atoms with Gasteiger partial charge in [0.15, 0.2) is 0 Å². The molecule has 3 N–H and O–H groups in total. The van der Waals surface area contributed by atoms with E-state index in [-0.39, 0.29) is 11.7 Å². The summed E-state index contributed by atoms with van der Waals surface area (Å²) in [7, 11) is 0.